The van der Waals surface area contributed by atoms with E-state index in [0.29, 0.717) is 16.7 Å². The summed E-state index contributed by atoms with van der Waals surface area (Å²) < 4.78 is 4.86. The fourth-order valence-electron chi connectivity index (χ4n) is 1.67. The summed E-state index contributed by atoms with van der Waals surface area (Å²) in [5.41, 5.74) is 1.68. The van der Waals surface area contributed by atoms with Crippen molar-refractivity contribution in [3.63, 3.8) is 0 Å². The van der Waals surface area contributed by atoms with Crippen LogP contribution in [-0.2, 0) is 4.79 Å². The van der Waals surface area contributed by atoms with Gasteiger partial charge in [0.2, 0.25) is 5.91 Å². The van der Waals surface area contributed by atoms with Gasteiger partial charge in [0, 0.05) is 6.92 Å². The van der Waals surface area contributed by atoms with Gasteiger partial charge in [0.1, 0.15) is 0 Å². The average molecular weight is 236 g/mol. The molecular formula is C11H12N2O4. The zero-order chi connectivity index (χ0) is 12.4. The van der Waals surface area contributed by atoms with E-state index in [0.717, 1.165) is 0 Å². The zero-order valence-corrected chi connectivity index (χ0v) is 9.19. The third kappa shape index (κ3) is 2.36. The van der Waals surface area contributed by atoms with Crippen molar-refractivity contribution in [3.05, 3.63) is 34.3 Å². The van der Waals surface area contributed by atoms with Crippen LogP contribution in [0.25, 0.3) is 11.1 Å². The Morgan fingerprint density at radius 3 is 3.00 bits per heavy atom. The minimum absolute atomic E-state index is 0.215. The molecular weight excluding hydrogens is 224 g/mol. The van der Waals surface area contributed by atoms with Gasteiger partial charge in [-0.15, -0.1) is 0 Å². The maximum absolute atomic E-state index is 11.0. The van der Waals surface area contributed by atoms with Crippen molar-refractivity contribution in [1.29, 1.82) is 0 Å². The van der Waals surface area contributed by atoms with Gasteiger partial charge in [-0.25, -0.2) is 4.79 Å². The highest BCUT2D eigenvalue weighted by Crippen LogP contribution is 2.18. The number of aromatic amines is 1. The Hall–Kier alpha value is -2.08. The van der Waals surface area contributed by atoms with Crippen LogP contribution in [0.1, 0.15) is 18.5 Å². The Kier molecular flexibility index (Phi) is 2.97. The van der Waals surface area contributed by atoms with Gasteiger partial charge in [0.25, 0.3) is 0 Å². The Balaban J connectivity index is 2.39. The van der Waals surface area contributed by atoms with Crippen LogP contribution in [0.4, 0.5) is 0 Å². The topological polar surface area (TPSA) is 95.3 Å². The molecule has 0 fully saturated rings. The number of hydrogen-bond acceptors (Lipinski definition) is 4. The monoisotopic (exact) mass is 236 g/mol. The number of aliphatic hydroxyl groups is 1. The highest BCUT2D eigenvalue weighted by Gasteiger charge is 2.12. The van der Waals surface area contributed by atoms with E-state index in [1.807, 2.05) is 0 Å². The third-order valence-electron chi connectivity index (χ3n) is 2.41. The first kappa shape index (κ1) is 11.4. The molecule has 0 radical (unpaired) electrons. The van der Waals surface area contributed by atoms with E-state index in [-0.39, 0.29) is 12.5 Å². The molecule has 6 nitrogen and oxygen atoms in total. The first-order valence-corrected chi connectivity index (χ1v) is 5.11. The summed E-state index contributed by atoms with van der Waals surface area (Å²) in [5.74, 6) is -0.762. The molecule has 1 unspecified atom stereocenters. The smallest absolute Gasteiger partial charge is 0.408 e. The lowest BCUT2D eigenvalue weighted by molar-refractivity contribution is -0.120. The number of aromatic nitrogens is 1. The molecule has 6 heteroatoms. The van der Waals surface area contributed by atoms with Crippen molar-refractivity contribution in [2.45, 2.75) is 13.0 Å². The summed E-state index contributed by atoms with van der Waals surface area (Å²) in [6, 6.07) is 4.48. The van der Waals surface area contributed by atoms with Crippen molar-refractivity contribution in [2.24, 2.45) is 0 Å². The summed E-state index contributed by atoms with van der Waals surface area (Å²) in [4.78, 5) is 24.4. The number of benzene rings is 1. The number of hydrogen-bond donors (Lipinski definition) is 3. The second kappa shape index (κ2) is 4.42. The molecule has 1 amide bonds. The lowest BCUT2D eigenvalue weighted by Gasteiger charge is -2.15. The molecule has 3 N–H and O–H groups in total. The summed E-state index contributed by atoms with van der Waals surface area (Å²) >= 11 is 0. The first-order chi connectivity index (χ1) is 8.10. The molecule has 0 spiro atoms. The van der Waals surface area contributed by atoms with Gasteiger partial charge in [0.05, 0.1) is 18.2 Å². The molecule has 0 aliphatic heterocycles. The van der Waals surface area contributed by atoms with E-state index in [2.05, 4.69) is 10.3 Å². The summed E-state index contributed by atoms with van der Waals surface area (Å²) in [6.45, 7) is 1.16. The van der Waals surface area contributed by atoms with E-state index in [1.54, 1.807) is 18.2 Å². The maximum atomic E-state index is 11.0. The number of rotatable bonds is 3. The van der Waals surface area contributed by atoms with Crippen molar-refractivity contribution >= 4 is 17.0 Å². The van der Waals surface area contributed by atoms with E-state index in [1.165, 1.54) is 6.92 Å². The van der Waals surface area contributed by atoms with Gasteiger partial charge in [-0.1, -0.05) is 6.07 Å². The molecule has 1 aromatic carbocycles. The molecule has 2 rings (SSSR count). The number of amides is 1. The molecule has 1 atom stereocenters. The van der Waals surface area contributed by atoms with Gasteiger partial charge in [0.15, 0.2) is 5.58 Å². The summed E-state index contributed by atoms with van der Waals surface area (Å²) in [5, 5.41) is 11.8. The number of fused-ring (bicyclic) bond motifs is 1. The SMILES string of the molecule is CC(=O)NC(CO)c1ccc2oc(=O)[nH]c2c1. The highest BCUT2D eigenvalue weighted by molar-refractivity contribution is 5.75. The average Bonchev–Trinajstić information content (AvgIpc) is 2.64. The number of aliphatic hydroxyl groups excluding tert-OH is 1. The molecule has 0 aliphatic carbocycles. The van der Waals surface area contributed by atoms with Crippen LogP contribution in [0.3, 0.4) is 0 Å². The second-order valence-electron chi connectivity index (χ2n) is 3.71. The van der Waals surface area contributed by atoms with Crippen LogP contribution in [-0.4, -0.2) is 22.6 Å². The van der Waals surface area contributed by atoms with E-state index >= 15 is 0 Å². The van der Waals surface area contributed by atoms with Gasteiger partial charge >= 0.3 is 5.76 Å². The van der Waals surface area contributed by atoms with E-state index in [9.17, 15) is 14.7 Å². The molecule has 17 heavy (non-hydrogen) atoms. The Morgan fingerprint density at radius 1 is 1.59 bits per heavy atom. The number of oxazole rings is 1. The van der Waals surface area contributed by atoms with Crippen molar-refractivity contribution in [1.82, 2.24) is 10.3 Å². The number of carbonyl (C=O) groups is 1. The normalized spacial score (nSPS) is 12.6. The lowest BCUT2D eigenvalue weighted by Crippen LogP contribution is -2.28. The van der Waals surface area contributed by atoms with Crippen LogP contribution >= 0.6 is 0 Å². The molecule has 90 valence electrons. The third-order valence-corrected chi connectivity index (χ3v) is 2.41. The maximum Gasteiger partial charge on any atom is 0.417 e. The van der Waals surface area contributed by atoms with Crippen LogP contribution in [0.5, 0.6) is 0 Å². The van der Waals surface area contributed by atoms with Crippen LogP contribution in [0.15, 0.2) is 27.4 Å². The molecule has 0 aliphatic rings. The fourth-order valence-corrected chi connectivity index (χ4v) is 1.67. The van der Waals surface area contributed by atoms with Gasteiger partial charge in [-0.3, -0.25) is 9.78 Å². The Morgan fingerprint density at radius 2 is 2.35 bits per heavy atom. The van der Waals surface area contributed by atoms with Crippen molar-refractivity contribution in [2.75, 3.05) is 6.61 Å². The van der Waals surface area contributed by atoms with Crippen LogP contribution < -0.4 is 11.1 Å². The van der Waals surface area contributed by atoms with Crippen molar-refractivity contribution < 1.29 is 14.3 Å². The fraction of sp³-hybridized carbons (Fsp3) is 0.273. The number of nitrogens with one attached hydrogen (secondary N) is 2. The molecule has 1 aromatic heterocycles. The highest BCUT2D eigenvalue weighted by atomic mass is 16.4. The number of carbonyl (C=O) groups excluding carboxylic acids is 1. The zero-order valence-electron chi connectivity index (χ0n) is 9.19. The van der Waals surface area contributed by atoms with Crippen LogP contribution in [0, 0.1) is 0 Å². The molecule has 1 heterocycles. The minimum atomic E-state index is -0.530. The predicted octanol–water partition coefficient (Wildman–Crippen LogP) is 0.291. The first-order valence-electron chi connectivity index (χ1n) is 5.11. The largest absolute Gasteiger partial charge is 0.417 e. The minimum Gasteiger partial charge on any atom is -0.408 e. The second-order valence-corrected chi connectivity index (χ2v) is 3.71. The van der Waals surface area contributed by atoms with Crippen molar-refractivity contribution in [3.8, 4) is 0 Å². The molecule has 2 aromatic rings. The standard InChI is InChI=1S/C11H12N2O4/c1-6(15)12-9(5-14)7-2-3-10-8(4-7)13-11(16)17-10/h2-4,9,14H,5H2,1H3,(H,12,15)(H,13,16). The number of H-pyrrole nitrogens is 1. The lowest BCUT2D eigenvalue weighted by atomic mass is 10.1. The quantitative estimate of drug-likeness (QED) is 0.713. The Bertz CT molecular complexity index is 599. The molecule has 0 bridgehead atoms. The van der Waals surface area contributed by atoms with Gasteiger partial charge in [-0.05, 0) is 17.7 Å². The predicted molar refractivity (Wildman–Crippen MR) is 60.5 cm³/mol. The van der Waals surface area contributed by atoms with E-state index < -0.39 is 11.8 Å². The summed E-state index contributed by atoms with van der Waals surface area (Å²) in [6.07, 6.45) is 0. The molecule has 0 saturated heterocycles. The molecule has 0 saturated carbocycles. The van der Waals surface area contributed by atoms with Crippen LogP contribution in [0.2, 0.25) is 0 Å². The van der Waals surface area contributed by atoms with Gasteiger partial charge in [-0.2, -0.15) is 0 Å². The summed E-state index contributed by atoms with van der Waals surface area (Å²) in [7, 11) is 0. The Labute approximate surface area is 96.3 Å². The van der Waals surface area contributed by atoms with E-state index in [4.69, 9.17) is 4.42 Å². The van der Waals surface area contributed by atoms with Gasteiger partial charge < -0.3 is 14.8 Å².